The minimum absolute atomic E-state index is 0.0570. The quantitative estimate of drug-likeness (QED) is 0.258. The molecule has 0 aliphatic heterocycles. The van der Waals surface area contributed by atoms with Crippen LogP contribution in [0.1, 0.15) is 56.2 Å². The summed E-state index contributed by atoms with van der Waals surface area (Å²) < 4.78 is 23.1. The predicted octanol–water partition coefficient (Wildman–Crippen LogP) is 7.25. The summed E-state index contributed by atoms with van der Waals surface area (Å²) in [5.74, 6) is 3.22. The highest BCUT2D eigenvalue weighted by atomic mass is 16.5. The number of benzene rings is 3. The van der Waals surface area contributed by atoms with Gasteiger partial charge in [-0.2, -0.15) is 0 Å². The first-order valence-corrected chi connectivity index (χ1v) is 12.2. The SMILES string of the molecule is COC(=O)CCc1ccc(OCCC(C)Oc2ccc(C(C)C)cc2Oc2ccccc2)cc1C. The number of para-hydroxylation sites is 1. The first-order chi connectivity index (χ1) is 16.9. The zero-order valence-electron chi connectivity index (χ0n) is 21.4. The molecule has 1 unspecified atom stereocenters. The van der Waals surface area contributed by atoms with Crippen LogP contribution in [0.2, 0.25) is 0 Å². The Bertz CT molecular complexity index is 1090. The molecule has 0 saturated heterocycles. The van der Waals surface area contributed by atoms with Crippen LogP contribution in [0.15, 0.2) is 66.7 Å². The molecule has 0 saturated carbocycles. The van der Waals surface area contributed by atoms with Crippen molar-refractivity contribution < 1.29 is 23.7 Å². The molecule has 0 aliphatic rings. The summed E-state index contributed by atoms with van der Waals surface area (Å²) in [6, 6.07) is 21.8. The van der Waals surface area contributed by atoms with E-state index >= 15 is 0 Å². The van der Waals surface area contributed by atoms with Gasteiger partial charge in [-0.15, -0.1) is 0 Å². The maximum atomic E-state index is 11.4. The van der Waals surface area contributed by atoms with E-state index in [1.54, 1.807) is 0 Å². The third-order valence-corrected chi connectivity index (χ3v) is 5.87. The van der Waals surface area contributed by atoms with E-state index in [9.17, 15) is 4.79 Å². The van der Waals surface area contributed by atoms with Gasteiger partial charge in [0.2, 0.25) is 0 Å². The van der Waals surface area contributed by atoms with Crippen molar-refractivity contribution in [3.05, 3.63) is 83.4 Å². The Labute approximate surface area is 209 Å². The molecule has 0 fully saturated rings. The zero-order valence-corrected chi connectivity index (χ0v) is 21.4. The number of carbonyl (C=O) groups excluding carboxylic acids is 1. The van der Waals surface area contributed by atoms with Crippen LogP contribution in [0.3, 0.4) is 0 Å². The van der Waals surface area contributed by atoms with Crippen LogP contribution >= 0.6 is 0 Å². The van der Waals surface area contributed by atoms with Crippen molar-refractivity contribution in [1.29, 1.82) is 0 Å². The monoisotopic (exact) mass is 476 g/mol. The second kappa shape index (κ2) is 12.8. The van der Waals surface area contributed by atoms with E-state index in [1.807, 2.05) is 68.4 Å². The second-order valence-corrected chi connectivity index (χ2v) is 9.01. The molecule has 0 heterocycles. The van der Waals surface area contributed by atoms with Gasteiger partial charge in [0.1, 0.15) is 11.5 Å². The summed E-state index contributed by atoms with van der Waals surface area (Å²) >= 11 is 0. The van der Waals surface area contributed by atoms with Gasteiger partial charge in [-0.1, -0.05) is 44.2 Å². The molecule has 1 atom stereocenters. The summed E-state index contributed by atoms with van der Waals surface area (Å²) in [5.41, 5.74) is 3.42. The van der Waals surface area contributed by atoms with Crippen LogP contribution in [-0.2, 0) is 16.0 Å². The lowest BCUT2D eigenvalue weighted by Crippen LogP contribution is -2.16. The summed E-state index contributed by atoms with van der Waals surface area (Å²) in [6.45, 7) is 8.92. The van der Waals surface area contributed by atoms with Gasteiger partial charge >= 0.3 is 5.97 Å². The van der Waals surface area contributed by atoms with E-state index in [1.165, 1.54) is 12.7 Å². The molecule has 0 aromatic heterocycles. The highest BCUT2D eigenvalue weighted by Crippen LogP contribution is 2.35. The fourth-order valence-electron chi connectivity index (χ4n) is 3.67. The number of methoxy groups -OCH3 is 1. The number of esters is 1. The minimum atomic E-state index is -0.199. The average molecular weight is 477 g/mol. The van der Waals surface area contributed by atoms with Gasteiger partial charge in [-0.3, -0.25) is 4.79 Å². The van der Waals surface area contributed by atoms with Crippen LogP contribution in [0.5, 0.6) is 23.0 Å². The molecule has 3 aromatic carbocycles. The van der Waals surface area contributed by atoms with Crippen molar-refractivity contribution in [1.82, 2.24) is 0 Å². The fourth-order valence-corrected chi connectivity index (χ4v) is 3.67. The largest absolute Gasteiger partial charge is 0.493 e. The normalized spacial score (nSPS) is 11.7. The zero-order chi connectivity index (χ0) is 25.2. The van der Waals surface area contributed by atoms with Gasteiger partial charge in [0.25, 0.3) is 0 Å². The van der Waals surface area contributed by atoms with Crippen LogP contribution < -0.4 is 14.2 Å². The Balaban J connectivity index is 1.57. The first kappa shape index (κ1) is 26.1. The molecule has 0 radical (unpaired) electrons. The Morgan fingerprint density at radius 3 is 2.34 bits per heavy atom. The fraction of sp³-hybridized carbons (Fsp3) is 0.367. The Hall–Kier alpha value is -3.47. The van der Waals surface area contributed by atoms with E-state index in [0.29, 0.717) is 31.1 Å². The van der Waals surface area contributed by atoms with Crippen LogP contribution in [0.4, 0.5) is 0 Å². The molecule has 0 aliphatic carbocycles. The summed E-state index contributed by atoms with van der Waals surface area (Å²) in [7, 11) is 1.41. The Kier molecular flexibility index (Phi) is 9.59. The van der Waals surface area contributed by atoms with Gasteiger partial charge in [0.05, 0.1) is 19.8 Å². The van der Waals surface area contributed by atoms with Gasteiger partial charge in [0.15, 0.2) is 11.5 Å². The Morgan fingerprint density at radius 1 is 0.886 bits per heavy atom. The lowest BCUT2D eigenvalue weighted by Gasteiger charge is -2.19. The third kappa shape index (κ3) is 8.06. The standard InChI is InChI=1S/C30H36O5/c1-21(2)25-12-15-28(29(20-25)35-26-9-7-6-8-10-26)34-23(4)17-18-33-27-14-11-24(22(3)19-27)13-16-30(31)32-5/h6-12,14-15,19-21,23H,13,16-18H2,1-5H3. The van der Waals surface area contributed by atoms with E-state index < -0.39 is 0 Å². The maximum Gasteiger partial charge on any atom is 0.305 e. The lowest BCUT2D eigenvalue weighted by atomic mass is 10.0. The minimum Gasteiger partial charge on any atom is -0.493 e. The molecule has 0 spiro atoms. The van der Waals surface area contributed by atoms with E-state index in [2.05, 4.69) is 26.0 Å². The molecule has 35 heavy (non-hydrogen) atoms. The number of rotatable bonds is 12. The van der Waals surface area contributed by atoms with Gasteiger partial charge < -0.3 is 18.9 Å². The highest BCUT2D eigenvalue weighted by molar-refractivity contribution is 5.69. The predicted molar refractivity (Wildman–Crippen MR) is 139 cm³/mol. The van der Waals surface area contributed by atoms with Crippen molar-refractivity contribution in [2.24, 2.45) is 0 Å². The average Bonchev–Trinajstić information content (AvgIpc) is 2.85. The molecular formula is C30H36O5. The number of aryl methyl sites for hydroxylation is 2. The summed E-state index contributed by atoms with van der Waals surface area (Å²) in [6.07, 6.45) is 1.70. The van der Waals surface area contributed by atoms with E-state index in [0.717, 1.165) is 34.8 Å². The second-order valence-electron chi connectivity index (χ2n) is 9.01. The van der Waals surface area contributed by atoms with Crippen molar-refractivity contribution in [3.63, 3.8) is 0 Å². The van der Waals surface area contributed by atoms with Gasteiger partial charge in [-0.25, -0.2) is 0 Å². The highest BCUT2D eigenvalue weighted by Gasteiger charge is 2.14. The van der Waals surface area contributed by atoms with Crippen molar-refractivity contribution in [2.75, 3.05) is 13.7 Å². The molecule has 3 aromatic rings. The van der Waals surface area contributed by atoms with Gasteiger partial charge in [-0.05, 0) is 79.3 Å². The molecule has 3 rings (SSSR count). The Morgan fingerprint density at radius 2 is 1.66 bits per heavy atom. The number of carbonyl (C=O) groups is 1. The van der Waals surface area contributed by atoms with Crippen molar-refractivity contribution >= 4 is 5.97 Å². The molecule has 0 bridgehead atoms. The topological polar surface area (TPSA) is 54.0 Å². The van der Waals surface area contributed by atoms with Crippen LogP contribution in [0, 0.1) is 6.92 Å². The summed E-state index contributed by atoms with van der Waals surface area (Å²) in [5, 5.41) is 0. The number of hydrogen-bond acceptors (Lipinski definition) is 5. The molecular weight excluding hydrogens is 440 g/mol. The van der Waals surface area contributed by atoms with Crippen LogP contribution in [-0.4, -0.2) is 25.8 Å². The first-order valence-electron chi connectivity index (χ1n) is 12.2. The molecule has 5 heteroatoms. The lowest BCUT2D eigenvalue weighted by molar-refractivity contribution is -0.140. The van der Waals surface area contributed by atoms with E-state index in [4.69, 9.17) is 18.9 Å². The maximum absolute atomic E-state index is 11.4. The van der Waals surface area contributed by atoms with Crippen molar-refractivity contribution in [3.8, 4) is 23.0 Å². The van der Waals surface area contributed by atoms with Crippen LogP contribution in [0.25, 0.3) is 0 Å². The molecule has 5 nitrogen and oxygen atoms in total. The molecule has 0 N–H and O–H groups in total. The number of hydrogen-bond donors (Lipinski definition) is 0. The van der Waals surface area contributed by atoms with Gasteiger partial charge in [0, 0.05) is 12.8 Å². The molecule has 186 valence electrons. The van der Waals surface area contributed by atoms with E-state index in [-0.39, 0.29) is 12.1 Å². The smallest absolute Gasteiger partial charge is 0.305 e. The van der Waals surface area contributed by atoms with Crippen molar-refractivity contribution in [2.45, 2.75) is 59.0 Å². The number of ether oxygens (including phenoxy) is 4. The molecule has 0 amide bonds. The third-order valence-electron chi connectivity index (χ3n) is 5.87. The summed E-state index contributed by atoms with van der Waals surface area (Å²) in [4.78, 5) is 11.4.